The predicted octanol–water partition coefficient (Wildman–Crippen LogP) is 4.71. The second-order valence-electron chi connectivity index (χ2n) is 5.93. The first-order valence-corrected chi connectivity index (χ1v) is 9.76. The van der Waals surface area contributed by atoms with E-state index in [0.717, 1.165) is 11.5 Å². The minimum absolute atomic E-state index is 0.243. The van der Waals surface area contributed by atoms with E-state index in [1.165, 1.54) is 29.6 Å². The molecule has 9 heteroatoms. The van der Waals surface area contributed by atoms with Crippen LogP contribution in [0.1, 0.15) is 18.3 Å². The molecule has 0 radical (unpaired) electrons. The van der Waals surface area contributed by atoms with Gasteiger partial charge in [-0.1, -0.05) is 52.7 Å². The monoisotopic (exact) mass is 421 g/mol. The number of thioether (sulfide) groups is 1. The van der Waals surface area contributed by atoms with Crippen LogP contribution in [0.2, 0.25) is 10.0 Å². The number of pyridine rings is 1. The number of amides is 1. The first kappa shape index (κ1) is 19.7. The largest absolute Gasteiger partial charge is 0.308 e. The zero-order valence-electron chi connectivity index (χ0n) is 14.9. The number of hydrogen-bond acceptors (Lipinski definition) is 5. The lowest BCUT2D eigenvalue weighted by atomic mass is 10.2. The summed E-state index contributed by atoms with van der Waals surface area (Å²) in [5.41, 5.74) is 2.11. The molecule has 140 valence electrons. The van der Waals surface area contributed by atoms with Gasteiger partial charge in [0.25, 0.3) is 0 Å². The summed E-state index contributed by atoms with van der Waals surface area (Å²) in [7, 11) is 0. The van der Waals surface area contributed by atoms with Gasteiger partial charge in [-0.2, -0.15) is 0 Å². The number of carbonyl (C=O) groups is 1. The Morgan fingerprint density at radius 3 is 2.56 bits per heavy atom. The second-order valence-corrected chi connectivity index (χ2v) is 8.09. The molecule has 0 aliphatic carbocycles. The molecule has 1 amide bonds. The molecule has 2 heterocycles. The third kappa shape index (κ3) is 4.61. The minimum atomic E-state index is -0.439. The molecule has 6 nitrogen and oxygen atoms in total. The number of nitrogens with zero attached hydrogens (tertiary/aromatic N) is 4. The molecule has 1 aromatic carbocycles. The lowest BCUT2D eigenvalue weighted by molar-refractivity contribution is -0.115. The SMILES string of the molecule is Cc1ccc(-n2c(C)nnc2SC(C)C(=O)Nc2ncc(Cl)cc2Cl)cc1. The zero-order valence-corrected chi connectivity index (χ0v) is 17.2. The van der Waals surface area contributed by atoms with Gasteiger partial charge in [0, 0.05) is 11.9 Å². The Morgan fingerprint density at radius 1 is 1.19 bits per heavy atom. The number of benzene rings is 1. The maximum atomic E-state index is 12.5. The number of aryl methyl sites for hydroxylation is 2. The van der Waals surface area contributed by atoms with Crippen molar-refractivity contribution in [3.63, 3.8) is 0 Å². The maximum Gasteiger partial charge on any atom is 0.238 e. The molecule has 1 atom stereocenters. The smallest absolute Gasteiger partial charge is 0.238 e. The Labute approximate surface area is 171 Å². The number of anilines is 1. The Hall–Kier alpha value is -2.09. The Balaban J connectivity index is 1.77. The molecule has 0 aliphatic rings. The highest BCUT2D eigenvalue weighted by Gasteiger charge is 2.21. The molecule has 0 aliphatic heterocycles. The van der Waals surface area contributed by atoms with Gasteiger partial charge >= 0.3 is 0 Å². The molecule has 1 unspecified atom stereocenters. The molecular formula is C18H17Cl2N5OS. The summed E-state index contributed by atoms with van der Waals surface area (Å²) >= 11 is 13.2. The van der Waals surface area contributed by atoms with Gasteiger partial charge in [0.2, 0.25) is 5.91 Å². The van der Waals surface area contributed by atoms with E-state index in [4.69, 9.17) is 23.2 Å². The van der Waals surface area contributed by atoms with Crippen molar-refractivity contribution in [3.8, 4) is 5.69 Å². The molecule has 3 aromatic rings. The zero-order chi connectivity index (χ0) is 19.6. The fourth-order valence-corrected chi connectivity index (χ4v) is 3.69. The summed E-state index contributed by atoms with van der Waals surface area (Å²) in [5, 5.41) is 12.0. The van der Waals surface area contributed by atoms with Crippen molar-refractivity contribution in [2.45, 2.75) is 31.2 Å². The van der Waals surface area contributed by atoms with E-state index in [-0.39, 0.29) is 16.7 Å². The van der Waals surface area contributed by atoms with Gasteiger partial charge in [-0.15, -0.1) is 10.2 Å². The lowest BCUT2D eigenvalue weighted by Crippen LogP contribution is -2.23. The predicted molar refractivity (Wildman–Crippen MR) is 109 cm³/mol. The van der Waals surface area contributed by atoms with Crippen molar-refractivity contribution in [3.05, 3.63) is 58.0 Å². The van der Waals surface area contributed by atoms with Crippen LogP contribution in [0.4, 0.5) is 5.82 Å². The number of aromatic nitrogens is 4. The van der Waals surface area contributed by atoms with Crippen molar-refractivity contribution in [2.75, 3.05) is 5.32 Å². The van der Waals surface area contributed by atoms with Gasteiger partial charge in [-0.05, 0) is 39.0 Å². The van der Waals surface area contributed by atoms with E-state index in [9.17, 15) is 4.79 Å². The van der Waals surface area contributed by atoms with Crippen LogP contribution in [0.15, 0.2) is 41.7 Å². The molecule has 0 fully saturated rings. The topological polar surface area (TPSA) is 72.7 Å². The van der Waals surface area contributed by atoms with E-state index in [0.29, 0.717) is 10.2 Å². The van der Waals surface area contributed by atoms with Crippen LogP contribution in [0.3, 0.4) is 0 Å². The Morgan fingerprint density at radius 2 is 1.89 bits per heavy atom. The van der Waals surface area contributed by atoms with E-state index < -0.39 is 5.25 Å². The van der Waals surface area contributed by atoms with Gasteiger partial charge in [-0.3, -0.25) is 9.36 Å². The molecule has 27 heavy (non-hydrogen) atoms. The summed E-state index contributed by atoms with van der Waals surface area (Å²) < 4.78 is 1.92. The van der Waals surface area contributed by atoms with Gasteiger partial charge in [0.1, 0.15) is 5.82 Å². The number of nitrogens with one attached hydrogen (secondary N) is 1. The van der Waals surface area contributed by atoms with Crippen LogP contribution in [0.5, 0.6) is 0 Å². The van der Waals surface area contributed by atoms with E-state index in [1.807, 2.05) is 42.7 Å². The first-order valence-electron chi connectivity index (χ1n) is 8.13. The fraction of sp³-hybridized carbons (Fsp3) is 0.222. The van der Waals surface area contributed by atoms with Gasteiger partial charge in [0.15, 0.2) is 11.0 Å². The average molecular weight is 422 g/mol. The van der Waals surface area contributed by atoms with Crippen LogP contribution >= 0.6 is 35.0 Å². The van der Waals surface area contributed by atoms with Gasteiger partial charge in [0.05, 0.1) is 15.3 Å². The standard InChI is InChI=1S/C18H17Cl2N5OS/c1-10-4-6-14(7-5-10)25-12(3)23-24-18(25)27-11(2)17(26)22-16-15(20)8-13(19)9-21-16/h4-9,11H,1-3H3,(H,21,22,26). The number of carbonyl (C=O) groups excluding carboxylic acids is 1. The Bertz CT molecular complexity index is 974. The average Bonchev–Trinajstić information content (AvgIpc) is 2.98. The molecule has 0 bridgehead atoms. The second kappa shape index (κ2) is 8.29. The normalized spacial score (nSPS) is 12.0. The van der Waals surface area contributed by atoms with Crippen LogP contribution in [0, 0.1) is 13.8 Å². The molecule has 0 saturated heterocycles. The first-order chi connectivity index (χ1) is 12.8. The summed E-state index contributed by atoms with van der Waals surface area (Å²) in [6, 6.07) is 9.57. The lowest BCUT2D eigenvalue weighted by Gasteiger charge is -2.13. The number of rotatable bonds is 5. The highest BCUT2D eigenvalue weighted by molar-refractivity contribution is 8.00. The maximum absolute atomic E-state index is 12.5. The van der Waals surface area contributed by atoms with Crippen molar-refractivity contribution in [2.24, 2.45) is 0 Å². The molecule has 0 saturated carbocycles. The van der Waals surface area contributed by atoms with E-state index in [1.54, 1.807) is 6.92 Å². The summed E-state index contributed by atoms with van der Waals surface area (Å²) in [4.78, 5) is 16.6. The van der Waals surface area contributed by atoms with E-state index >= 15 is 0 Å². The number of hydrogen-bond donors (Lipinski definition) is 1. The third-order valence-corrected chi connectivity index (χ3v) is 5.33. The van der Waals surface area contributed by atoms with Crippen molar-refractivity contribution in [1.29, 1.82) is 0 Å². The summed E-state index contributed by atoms with van der Waals surface area (Å²) in [6.45, 7) is 5.69. The third-order valence-electron chi connectivity index (χ3n) is 3.79. The number of halogens is 2. The summed E-state index contributed by atoms with van der Waals surface area (Å²) in [5.74, 6) is 0.777. The summed E-state index contributed by atoms with van der Waals surface area (Å²) in [6.07, 6.45) is 1.43. The highest BCUT2D eigenvalue weighted by atomic mass is 35.5. The van der Waals surface area contributed by atoms with Crippen molar-refractivity contribution >= 4 is 46.7 Å². The quantitative estimate of drug-likeness (QED) is 0.604. The molecule has 2 aromatic heterocycles. The molecule has 3 rings (SSSR count). The fourth-order valence-electron chi connectivity index (χ4n) is 2.35. The van der Waals surface area contributed by atoms with Crippen molar-refractivity contribution in [1.82, 2.24) is 19.7 Å². The minimum Gasteiger partial charge on any atom is -0.308 e. The molecular weight excluding hydrogens is 405 g/mol. The van der Waals surface area contributed by atoms with Crippen LogP contribution in [0.25, 0.3) is 5.69 Å². The van der Waals surface area contributed by atoms with Crippen LogP contribution in [-0.2, 0) is 4.79 Å². The van der Waals surface area contributed by atoms with Gasteiger partial charge < -0.3 is 5.32 Å². The Kier molecular flexibility index (Phi) is 6.04. The highest BCUT2D eigenvalue weighted by Crippen LogP contribution is 2.28. The van der Waals surface area contributed by atoms with Crippen molar-refractivity contribution < 1.29 is 4.79 Å². The van der Waals surface area contributed by atoms with E-state index in [2.05, 4.69) is 20.5 Å². The molecule has 0 spiro atoms. The molecule has 1 N–H and O–H groups in total. The van der Waals surface area contributed by atoms with Crippen LogP contribution < -0.4 is 5.32 Å². The van der Waals surface area contributed by atoms with Gasteiger partial charge in [-0.25, -0.2) is 4.98 Å². The van der Waals surface area contributed by atoms with Crippen LogP contribution in [-0.4, -0.2) is 30.9 Å².